The quantitative estimate of drug-likeness (QED) is 0.514. The molecule has 10 heteroatoms. The molecule has 1 radical (unpaired) electrons. The molecule has 0 saturated carbocycles. The minimum absolute atomic E-state index is 0.145. The highest BCUT2D eigenvalue weighted by Gasteiger charge is 2.68. The van der Waals surface area contributed by atoms with E-state index in [4.69, 9.17) is 18.1 Å². The summed E-state index contributed by atoms with van der Waals surface area (Å²) in [4.78, 5) is 0. The van der Waals surface area contributed by atoms with Gasteiger partial charge in [0.05, 0.1) is 26.4 Å². The molecule has 1 saturated heterocycles. The molecule has 1 rings (SSSR count). The predicted octanol–water partition coefficient (Wildman–Crippen LogP) is 4.39. The van der Waals surface area contributed by atoms with Crippen LogP contribution in [0.5, 0.6) is 0 Å². The van der Waals surface area contributed by atoms with E-state index in [2.05, 4.69) is 0 Å². The van der Waals surface area contributed by atoms with Gasteiger partial charge in [-0.3, -0.25) is 9.13 Å². The second kappa shape index (κ2) is 8.28. The smallest absolute Gasteiger partial charge is 0.308 e. The van der Waals surface area contributed by atoms with Crippen molar-refractivity contribution in [3.63, 3.8) is 0 Å². The highest BCUT2D eigenvalue weighted by atomic mass is 31.2. The molecule has 0 aliphatic carbocycles. The average Bonchev–Trinajstić information content (AvgIpc) is 2.76. The molecule has 1 aliphatic rings. The second-order valence-electron chi connectivity index (χ2n) is 5.89. The Morgan fingerprint density at radius 2 is 1.00 bits per heavy atom. The second-order valence-corrected chi connectivity index (χ2v) is 10.8. The van der Waals surface area contributed by atoms with Crippen LogP contribution < -0.4 is 0 Å². The molecule has 143 valence electrons. The Bertz CT molecular complexity index is 453. The van der Waals surface area contributed by atoms with Crippen LogP contribution in [0.3, 0.4) is 0 Å². The highest BCUT2D eigenvalue weighted by molar-refractivity contribution is 7.56. The number of rotatable bonds is 10. The summed E-state index contributed by atoms with van der Waals surface area (Å²) in [6.07, 6.45) is 0.406. The van der Waals surface area contributed by atoms with Crippen molar-refractivity contribution in [1.29, 1.82) is 0 Å². The van der Waals surface area contributed by atoms with Gasteiger partial charge in [-0.15, -0.1) is 10.3 Å². The molecule has 24 heavy (non-hydrogen) atoms. The summed E-state index contributed by atoms with van der Waals surface area (Å²) in [6, 6.07) is 0. The fraction of sp³-hybridized carbons (Fsp3) is 1.00. The summed E-state index contributed by atoms with van der Waals surface area (Å²) in [5.41, 5.74) is 0. The van der Waals surface area contributed by atoms with Gasteiger partial charge in [-0.2, -0.15) is 0 Å². The SMILES string of the molecule is CCOP(=O)(OCC)[C@]1(C)CC[C@@](C)(P(=O)(OCC)OCC)N1[O]. The minimum Gasteiger partial charge on any atom is -0.308 e. The van der Waals surface area contributed by atoms with Crippen LogP contribution in [0.15, 0.2) is 0 Å². The van der Waals surface area contributed by atoms with Crippen molar-refractivity contribution in [3.05, 3.63) is 0 Å². The standard InChI is InChI=1S/C14H30NO7P2/c1-7-19-23(17,20-8-2)13(5)11-12-14(6,15(13)16)24(18,21-9-3)22-10-4/h7-12H2,1-6H3/t13-,14-/m1/s1. The first-order valence-electron chi connectivity index (χ1n) is 8.36. The van der Waals surface area contributed by atoms with Gasteiger partial charge in [0.2, 0.25) is 0 Å². The Labute approximate surface area is 144 Å². The summed E-state index contributed by atoms with van der Waals surface area (Å²) in [5, 5.41) is 10.9. The summed E-state index contributed by atoms with van der Waals surface area (Å²) < 4.78 is 47.9. The maximum Gasteiger partial charge on any atom is 0.352 e. The molecule has 0 amide bonds. The molecular formula is C14H30NO7P2. The Hall–Kier alpha value is 0.220. The summed E-state index contributed by atoms with van der Waals surface area (Å²) in [6.45, 7) is 10.4. The topological polar surface area (TPSA) is 94.2 Å². The maximum atomic E-state index is 13.2. The zero-order chi connectivity index (χ0) is 18.6. The fourth-order valence-corrected chi connectivity index (χ4v) is 7.36. The van der Waals surface area contributed by atoms with Crippen molar-refractivity contribution in [2.24, 2.45) is 0 Å². The third kappa shape index (κ3) is 3.53. The van der Waals surface area contributed by atoms with E-state index in [9.17, 15) is 14.3 Å². The van der Waals surface area contributed by atoms with Gasteiger partial charge in [0.15, 0.2) is 0 Å². The van der Waals surface area contributed by atoms with Crippen molar-refractivity contribution >= 4 is 15.2 Å². The van der Waals surface area contributed by atoms with Crippen LogP contribution in [0.25, 0.3) is 0 Å². The molecule has 1 heterocycles. The third-order valence-corrected chi connectivity index (χ3v) is 9.89. The lowest BCUT2D eigenvalue weighted by Gasteiger charge is -2.41. The number of hydroxylamine groups is 2. The molecule has 8 nitrogen and oxygen atoms in total. The first-order valence-corrected chi connectivity index (χ1v) is 11.4. The molecule has 0 N–H and O–H groups in total. The van der Waals surface area contributed by atoms with Gasteiger partial charge in [0.1, 0.15) is 10.6 Å². The lowest BCUT2D eigenvalue weighted by molar-refractivity contribution is -0.220. The van der Waals surface area contributed by atoms with E-state index >= 15 is 0 Å². The summed E-state index contributed by atoms with van der Waals surface area (Å²) in [5.74, 6) is 0. The summed E-state index contributed by atoms with van der Waals surface area (Å²) in [7, 11) is -7.48. The van der Waals surface area contributed by atoms with E-state index in [-0.39, 0.29) is 39.3 Å². The van der Waals surface area contributed by atoms with Crippen LogP contribution in [-0.4, -0.2) is 42.1 Å². The van der Waals surface area contributed by atoms with Crippen LogP contribution in [0.4, 0.5) is 0 Å². The van der Waals surface area contributed by atoms with E-state index in [1.165, 1.54) is 13.8 Å². The lowest BCUT2D eigenvalue weighted by Crippen LogP contribution is -2.49. The Kier molecular flexibility index (Phi) is 7.68. The Morgan fingerprint density at radius 1 is 0.750 bits per heavy atom. The van der Waals surface area contributed by atoms with Gasteiger partial charge >= 0.3 is 15.2 Å². The molecule has 0 aromatic carbocycles. The van der Waals surface area contributed by atoms with Crippen molar-refractivity contribution in [2.75, 3.05) is 26.4 Å². The third-order valence-electron chi connectivity index (χ3n) is 4.32. The zero-order valence-electron chi connectivity index (χ0n) is 15.4. The molecule has 0 aromatic rings. The van der Waals surface area contributed by atoms with E-state index < -0.39 is 25.8 Å². The molecule has 0 aromatic heterocycles. The monoisotopic (exact) mass is 386 g/mol. The number of nitrogens with zero attached hydrogens (tertiary/aromatic N) is 1. The van der Waals surface area contributed by atoms with E-state index in [1.807, 2.05) is 0 Å². The first-order chi connectivity index (χ1) is 11.1. The number of hydrogen-bond acceptors (Lipinski definition) is 7. The molecule has 1 fully saturated rings. The number of hydrogen-bond donors (Lipinski definition) is 0. The van der Waals surface area contributed by atoms with Crippen LogP contribution in [0.2, 0.25) is 0 Å². The highest BCUT2D eigenvalue weighted by Crippen LogP contribution is 2.74. The predicted molar refractivity (Wildman–Crippen MR) is 90.3 cm³/mol. The van der Waals surface area contributed by atoms with Crippen LogP contribution >= 0.6 is 15.2 Å². The van der Waals surface area contributed by atoms with Crippen molar-refractivity contribution in [3.8, 4) is 0 Å². The molecule has 2 atom stereocenters. The van der Waals surface area contributed by atoms with Gasteiger partial charge in [-0.05, 0) is 54.4 Å². The normalized spacial score (nSPS) is 29.3. The summed E-state index contributed by atoms with van der Waals surface area (Å²) >= 11 is 0. The van der Waals surface area contributed by atoms with E-state index in [0.717, 1.165) is 0 Å². The molecular weight excluding hydrogens is 356 g/mol. The molecule has 0 bridgehead atoms. The first kappa shape index (κ1) is 22.3. The Balaban J connectivity index is 3.31. The van der Waals surface area contributed by atoms with Gasteiger partial charge in [0.25, 0.3) is 0 Å². The Morgan fingerprint density at radius 3 is 1.21 bits per heavy atom. The van der Waals surface area contributed by atoms with Crippen LogP contribution in [0.1, 0.15) is 54.4 Å². The molecule has 0 spiro atoms. The largest absolute Gasteiger partial charge is 0.352 e. The molecule has 0 unspecified atom stereocenters. The lowest BCUT2D eigenvalue weighted by atomic mass is 10.2. The van der Waals surface area contributed by atoms with Gasteiger partial charge < -0.3 is 18.1 Å². The van der Waals surface area contributed by atoms with Gasteiger partial charge in [-0.25, -0.2) is 0 Å². The van der Waals surface area contributed by atoms with Gasteiger partial charge in [0, 0.05) is 0 Å². The van der Waals surface area contributed by atoms with Crippen molar-refractivity contribution < 1.29 is 32.4 Å². The van der Waals surface area contributed by atoms with Crippen molar-refractivity contribution in [2.45, 2.75) is 64.9 Å². The van der Waals surface area contributed by atoms with E-state index in [1.54, 1.807) is 27.7 Å². The van der Waals surface area contributed by atoms with Gasteiger partial charge in [-0.1, -0.05) is 0 Å². The van der Waals surface area contributed by atoms with E-state index in [0.29, 0.717) is 5.06 Å². The average molecular weight is 386 g/mol. The van der Waals surface area contributed by atoms with Crippen LogP contribution in [0, 0.1) is 0 Å². The minimum atomic E-state index is -3.74. The van der Waals surface area contributed by atoms with Crippen molar-refractivity contribution in [1.82, 2.24) is 5.06 Å². The fourth-order valence-electron chi connectivity index (χ4n) is 3.00. The maximum absolute atomic E-state index is 13.2. The molecule has 1 aliphatic heterocycles. The van der Waals surface area contributed by atoms with Crippen LogP contribution in [-0.2, 0) is 32.4 Å². The zero-order valence-corrected chi connectivity index (χ0v) is 17.2.